The monoisotopic (exact) mass is 196 g/mol. The molecule has 78 valence electrons. The third-order valence-electron chi connectivity index (χ3n) is 2.75. The zero-order valence-electron chi connectivity index (χ0n) is 8.49. The van der Waals surface area contributed by atoms with Gasteiger partial charge in [-0.25, -0.2) is 0 Å². The highest BCUT2D eigenvalue weighted by atomic mass is 16.5. The number of carbonyl (C=O) groups excluding carboxylic acids is 2. The molecule has 0 aromatic carbocycles. The molecule has 1 fully saturated rings. The lowest BCUT2D eigenvalue weighted by molar-refractivity contribution is -0.148. The van der Waals surface area contributed by atoms with Gasteiger partial charge in [0.05, 0.1) is 7.11 Å². The molecule has 1 saturated carbocycles. The minimum Gasteiger partial charge on any atom is -0.468 e. The molecule has 2 unspecified atom stereocenters. The molecule has 0 heterocycles. The molecule has 1 rings (SSSR count). The molecule has 1 aliphatic carbocycles. The van der Waals surface area contributed by atoms with Gasteiger partial charge in [-0.2, -0.15) is 0 Å². The fraction of sp³-hybridized carbons (Fsp3) is 0.636. The van der Waals surface area contributed by atoms with Gasteiger partial charge < -0.3 is 4.74 Å². The third-order valence-corrected chi connectivity index (χ3v) is 2.75. The van der Waals surface area contributed by atoms with Gasteiger partial charge in [-0.05, 0) is 25.7 Å². The predicted molar refractivity (Wildman–Crippen MR) is 52.7 cm³/mol. The Morgan fingerprint density at radius 1 is 1.64 bits per heavy atom. The summed E-state index contributed by atoms with van der Waals surface area (Å²) in [7, 11) is 1.33. The number of esters is 1. The van der Waals surface area contributed by atoms with Gasteiger partial charge in [0, 0.05) is 5.92 Å². The van der Waals surface area contributed by atoms with E-state index in [1.165, 1.54) is 7.11 Å². The molecule has 0 aromatic rings. The number of hydrogen-bond donors (Lipinski definition) is 0. The number of Topliss-reactive ketones (excluding diaryl/α,β-unsaturated/α-hetero) is 1. The van der Waals surface area contributed by atoms with Gasteiger partial charge in [-0.1, -0.05) is 6.08 Å². The van der Waals surface area contributed by atoms with Crippen molar-refractivity contribution in [1.29, 1.82) is 0 Å². The first-order chi connectivity index (χ1) is 6.70. The summed E-state index contributed by atoms with van der Waals surface area (Å²) in [5.41, 5.74) is 0. The zero-order valence-corrected chi connectivity index (χ0v) is 8.49. The van der Waals surface area contributed by atoms with Crippen molar-refractivity contribution in [3.05, 3.63) is 12.7 Å². The van der Waals surface area contributed by atoms with Gasteiger partial charge in [0.25, 0.3) is 0 Å². The van der Waals surface area contributed by atoms with Gasteiger partial charge >= 0.3 is 5.97 Å². The Morgan fingerprint density at radius 3 is 2.93 bits per heavy atom. The molecule has 14 heavy (non-hydrogen) atoms. The summed E-state index contributed by atoms with van der Waals surface area (Å²) in [6.07, 6.45) is 4.92. The number of methoxy groups -OCH3 is 1. The van der Waals surface area contributed by atoms with Gasteiger partial charge in [0.15, 0.2) is 0 Å². The highest BCUT2D eigenvalue weighted by Crippen LogP contribution is 2.31. The molecular formula is C11H16O3. The van der Waals surface area contributed by atoms with Crippen LogP contribution < -0.4 is 0 Å². The molecular weight excluding hydrogens is 180 g/mol. The average Bonchev–Trinajstić information content (AvgIpc) is 2.56. The largest absolute Gasteiger partial charge is 0.468 e. The third kappa shape index (κ3) is 2.22. The van der Waals surface area contributed by atoms with Crippen LogP contribution in [0.3, 0.4) is 0 Å². The van der Waals surface area contributed by atoms with Gasteiger partial charge in [0.2, 0.25) is 0 Å². The maximum atomic E-state index is 11.7. The molecule has 2 atom stereocenters. The lowest BCUT2D eigenvalue weighted by atomic mass is 9.98. The zero-order chi connectivity index (χ0) is 10.6. The summed E-state index contributed by atoms with van der Waals surface area (Å²) in [6, 6.07) is 0. The van der Waals surface area contributed by atoms with E-state index in [2.05, 4.69) is 11.3 Å². The van der Waals surface area contributed by atoms with Crippen LogP contribution in [0.25, 0.3) is 0 Å². The average molecular weight is 196 g/mol. The first-order valence-electron chi connectivity index (χ1n) is 4.93. The summed E-state index contributed by atoms with van der Waals surface area (Å²) >= 11 is 0. The van der Waals surface area contributed by atoms with Crippen molar-refractivity contribution in [3.8, 4) is 0 Å². The van der Waals surface area contributed by atoms with Crippen LogP contribution in [0, 0.1) is 11.8 Å². The Morgan fingerprint density at radius 2 is 2.36 bits per heavy atom. The van der Waals surface area contributed by atoms with Crippen LogP contribution in [0.15, 0.2) is 12.7 Å². The highest BCUT2D eigenvalue weighted by molar-refractivity contribution is 6.01. The fourth-order valence-corrected chi connectivity index (χ4v) is 1.92. The van der Waals surface area contributed by atoms with Crippen LogP contribution in [0.5, 0.6) is 0 Å². The van der Waals surface area contributed by atoms with Crippen LogP contribution in [-0.2, 0) is 14.3 Å². The van der Waals surface area contributed by atoms with Crippen LogP contribution in [-0.4, -0.2) is 18.9 Å². The van der Waals surface area contributed by atoms with Crippen molar-refractivity contribution >= 4 is 11.8 Å². The van der Waals surface area contributed by atoms with E-state index in [9.17, 15) is 9.59 Å². The second kappa shape index (κ2) is 4.94. The lowest BCUT2D eigenvalue weighted by Gasteiger charge is -2.07. The minimum absolute atomic E-state index is 0.0390. The maximum absolute atomic E-state index is 11.7. The second-order valence-electron chi connectivity index (χ2n) is 3.62. The van der Waals surface area contributed by atoms with Crippen LogP contribution in [0.4, 0.5) is 0 Å². The first-order valence-corrected chi connectivity index (χ1v) is 4.93. The predicted octanol–water partition coefficient (Wildman–Crippen LogP) is 1.72. The van der Waals surface area contributed by atoms with E-state index in [1.54, 1.807) is 6.08 Å². The molecule has 0 saturated heterocycles. The second-order valence-corrected chi connectivity index (χ2v) is 3.62. The van der Waals surface area contributed by atoms with E-state index in [1.807, 2.05) is 0 Å². The molecule has 0 aromatic heterocycles. The molecule has 0 N–H and O–H groups in total. The minimum atomic E-state index is -0.505. The molecule has 0 aliphatic heterocycles. The van der Waals surface area contributed by atoms with Crippen LogP contribution >= 0.6 is 0 Å². The quantitative estimate of drug-likeness (QED) is 0.390. The summed E-state index contributed by atoms with van der Waals surface area (Å²) in [4.78, 5) is 22.9. The molecule has 0 amide bonds. The van der Waals surface area contributed by atoms with E-state index >= 15 is 0 Å². The van der Waals surface area contributed by atoms with Crippen LogP contribution in [0.1, 0.15) is 25.7 Å². The Labute approximate surface area is 84.1 Å². The number of ketones is 1. The number of hydrogen-bond acceptors (Lipinski definition) is 3. The van der Waals surface area contributed by atoms with Gasteiger partial charge in [-0.3, -0.25) is 9.59 Å². The van der Waals surface area contributed by atoms with E-state index in [0.29, 0.717) is 6.42 Å². The lowest BCUT2D eigenvalue weighted by Crippen LogP contribution is -2.23. The number of carbonyl (C=O) groups is 2. The van der Waals surface area contributed by atoms with Gasteiger partial charge in [-0.15, -0.1) is 6.58 Å². The topological polar surface area (TPSA) is 43.4 Å². The van der Waals surface area contributed by atoms with Crippen molar-refractivity contribution < 1.29 is 14.3 Å². The number of ether oxygens (including phenoxy) is 1. The Balaban J connectivity index is 2.50. The maximum Gasteiger partial charge on any atom is 0.316 e. The van der Waals surface area contributed by atoms with Crippen molar-refractivity contribution in [3.63, 3.8) is 0 Å². The van der Waals surface area contributed by atoms with E-state index in [4.69, 9.17) is 0 Å². The van der Waals surface area contributed by atoms with E-state index in [-0.39, 0.29) is 17.7 Å². The summed E-state index contributed by atoms with van der Waals surface area (Å²) in [5.74, 6) is -0.790. The molecule has 3 nitrogen and oxygen atoms in total. The van der Waals surface area contributed by atoms with Crippen LogP contribution in [0.2, 0.25) is 0 Å². The summed E-state index contributed by atoms with van der Waals surface area (Å²) < 4.78 is 4.58. The molecule has 0 radical (unpaired) electrons. The fourth-order valence-electron chi connectivity index (χ4n) is 1.92. The standard InChI is InChI=1S/C11H16O3/c1-3-4-5-8-6-7-9(10(8)12)11(13)14-2/h3,8-9H,1,4-7H2,2H3. The van der Waals surface area contributed by atoms with E-state index < -0.39 is 5.92 Å². The van der Waals surface area contributed by atoms with Gasteiger partial charge in [0.1, 0.15) is 11.7 Å². The first kappa shape index (κ1) is 11.0. The Kier molecular flexibility index (Phi) is 3.86. The molecule has 1 aliphatic rings. The normalized spacial score (nSPS) is 26.2. The van der Waals surface area contributed by atoms with Crippen molar-refractivity contribution in [1.82, 2.24) is 0 Å². The van der Waals surface area contributed by atoms with Crippen molar-refractivity contribution in [2.45, 2.75) is 25.7 Å². The summed E-state index contributed by atoms with van der Waals surface area (Å²) in [6.45, 7) is 3.61. The Hall–Kier alpha value is -1.12. The van der Waals surface area contributed by atoms with Crippen molar-refractivity contribution in [2.24, 2.45) is 11.8 Å². The van der Waals surface area contributed by atoms with Crippen molar-refractivity contribution in [2.75, 3.05) is 7.11 Å². The molecule has 3 heteroatoms. The SMILES string of the molecule is C=CCCC1CCC(C(=O)OC)C1=O. The highest BCUT2D eigenvalue weighted by Gasteiger charge is 2.38. The number of allylic oxidation sites excluding steroid dienone is 1. The Bertz CT molecular complexity index is 245. The molecule has 0 spiro atoms. The molecule has 0 bridgehead atoms. The number of rotatable bonds is 4. The van der Waals surface area contributed by atoms with E-state index in [0.717, 1.165) is 19.3 Å². The summed E-state index contributed by atoms with van der Waals surface area (Å²) in [5, 5.41) is 0. The smallest absolute Gasteiger partial charge is 0.316 e.